The Morgan fingerprint density at radius 1 is 1.06 bits per heavy atom. The summed E-state index contributed by atoms with van der Waals surface area (Å²) in [6.45, 7) is 0.660. The van der Waals surface area contributed by atoms with Crippen LogP contribution in [0.4, 0.5) is 5.69 Å². The Morgan fingerprint density at radius 2 is 1.91 bits per heavy atom. The van der Waals surface area contributed by atoms with Crippen LogP contribution in [0.2, 0.25) is 0 Å². The molecule has 5 rings (SSSR count). The number of rotatable bonds is 8. The second-order valence-corrected chi connectivity index (χ2v) is 7.28. The van der Waals surface area contributed by atoms with Crippen molar-refractivity contribution in [2.75, 3.05) is 12.4 Å². The van der Waals surface area contributed by atoms with E-state index in [2.05, 4.69) is 15.4 Å². The van der Waals surface area contributed by atoms with Gasteiger partial charge >= 0.3 is 0 Å². The summed E-state index contributed by atoms with van der Waals surface area (Å²) in [6.07, 6.45) is 7.23. The summed E-state index contributed by atoms with van der Waals surface area (Å²) in [5.74, 6) is 1.56. The summed E-state index contributed by atoms with van der Waals surface area (Å²) in [7, 11) is 1.58. The largest absolute Gasteiger partial charge is 0.493 e. The molecule has 0 fully saturated rings. The summed E-state index contributed by atoms with van der Waals surface area (Å²) >= 11 is 0. The second-order valence-electron chi connectivity index (χ2n) is 7.28. The molecule has 5 aromatic rings. The number of pyridine rings is 1. The highest BCUT2D eigenvalue weighted by atomic mass is 16.5. The topological polar surface area (TPSA) is 95.8 Å². The van der Waals surface area contributed by atoms with Gasteiger partial charge in [0.05, 0.1) is 31.2 Å². The Morgan fingerprint density at radius 3 is 2.76 bits per heavy atom. The number of furan rings is 1. The minimum atomic E-state index is -0.370. The molecule has 0 unspecified atom stereocenters. The Balaban J connectivity index is 1.19. The average molecular weight is 443 g/mol. The molecule has 1 amide bonds. The number of methoxy groups -OCH3 is 1. The SMILES string of the molecule is COc1ccccc1OCc1ccc(C(=O)Nc2cnn(Cc3cn4ccccc4n3)c2)o1. The van der Waals surface area contributed by atoms with Crippen LogP contribution in [0.25, 0.3) is 5.65 Å². The minimum absolute atomic E-state index is 0.171. The first kappa shape index (κ1) is 20.4. The predicted molar refractivity (Wildman–Crippen MR) is 121 cm³/mol. The maximum atomic E-state index is 12.6. The number of imidazole rings is 1. The first-order chi connectivity index (χ1) is 16.2. The normalized spacial score (nSPS) is 10.9. The van der Waals surface area contributed by atoms with Gasteiger partial charge in [-0.3, -0.25) is 9.48 Å². The molecule has 0 spiro atoms. The van der Waals surface area contributed by atoms with Crippen LogP contribution in [0.5, 0.6) is 11.5 Å². The molecule has 1 N–H and O–H groups in total. The van der Waals surface area contributed by atoms with Crippen molar-refractivity contribution in [1.82, 2.24) is 19.2 Å². The van der Waals surface area contributed by atoms with E-state index in [1.54, 1.807) is 42.4 Å². The van der Waals surface area contributed by atoms with Crippen LogP contribution in [0.1, 0.15) is 22.0 Å². The maximum absolute atomic E-state index is 12.6. The van der Waals surface area contributed by atoms with Crippen LogP contribution in [-0.2, 0) is 13.2 Å². The van der Waals surface area contributed by atoms with Crippen molar-refractivity contribution >= 4 is 17.2 Å². The molecule has 0 atom stereocenters. The van der Waals surface area contributed by atoms with Crippen LogP contribution in [0.3, 0.4) is 0 Å². The predicted octanol–water partition coefficient (Wildman–Crippen LogP) is 4.01. The number of ether oxygens (including phenoxy) is 2. The Hall–Kier alpha value is -4.53. The number of para-hydroxylation sites is 2. The van der Waals surface area contributed by atoms with Crippen LogP contribution in [0, 0.1) is 0 Å². The average Bonchev–Trinajstić information content (AvgIpc) is 3.57. The summed E-state index contributed by atoms with van der Waals surface area (Å²) in [6, 6.07) is 16.5. The highest BCUT2D eigenvalue weighted by Crippen LogP contribution is 2.27. The number of aromatic nitrogens is 4. The van der Waals surface area contributed by atoms with E-state index in [1.807, 2.05) is 53.2 Å². The molecule has 0 aliphatic heterocycles. The number of carbonyl (C=O) groups excluding carboxylic acids is 1. The van der Waals surface area contributed by atoms with Gasteiger partial charge in [0.15, 0.2) is 17.3 Å². The lowest BCUT2D eigenvalue weighted by atomic mass is 10.3. The van der Waals surface area contributed by atoms with Gasteiger partial charge in [0, 0.05) is 18.6 Å². The molecule has 4 aromatic heterocycles. The Kier molecular flexibility index (Phi) is 5.50. The van der Waals surface area contributed by atoms with Crippen molar-refractivity contribution in [3.8, 4) is 11.5 Å². The Labute approximate surface area is 189 Å². The standard InChI is InChI=1S/C24H21N5O4/c1-31-20-6-2-3-7-21(20)32-16-19-9-10-22(33-19)24(30)27-17-12-25-29(14-17)15-18-13-28-11-5-4-8-23(28)26-18/h2-14H,15-16H2,1H3,(H,27,30). The van der Waals surface area contributed by atoms with E-state index in [4.69, 9.17) is 13.9 Å². The number of hydrogen-bond acceptors (Lipinski definition) is 6. The molecule has 9 heteroatoms. The van der Waals surface area contributed by atoms with Gasteiger partial charge in [0.2, 0.25) is 0 Å². The molecular weight excluding hydrogens is 422 g/mol. The lowest BCUT2D eigenvalue weighted by Gasteiger charge is -2.08. The van der Waals surface area contributed by atoms with Gasteiger partial charge in [0.1, 0.15) is 18.0 Å². The summed E-state index contributed by atoms with van der Waals surface area (Å²) in [5, 5.41) is 7.10. The number of nitrogens with zero attached hydrogens (tertiary/aromatic N) is 4. The number of nitrogens with one attached hydrogen (secondary N) is 1. The molecular formula is C24H21N5O4. The zero-order valence-electron chi connectivity index (χ0n) is 17.8. The van der Waals surface area contributed by atoms with E-state index in [0.717, 1.165) is 11.3 Å². The van der Waals surface area contributed by atoms with Gasteiger partial charge in [0.25, 0.3) is 5.91 Å². The van der Waals surface area contributed by atoms with Gasteiger partial charge in [-0.15, -0.1) is 0 Å². The fourth-order valence-electron chi connectivity index (χ4n) is 3.40. The summed E-state index contributed by atoms with van der Waals surface area (Å²) in [5.41, 5.74) is 2.30. The Bertz CT molecular complexity index is 1370. The van der Waals surface area contributed by atoms with E-state index in [1.165, 1.54) is 0 Å². The van der Waals surface area contributed by atoms with Crippen molar-refractivity contribution < 1.29 is 18.7 Å². The third-order valence-corrected chi connectivity index (χ3v) is 4.95. The molecule has 0 aliphatic carbocycles. The lowest BCUT2D eigenvalue weighted by molar-refractivity contribution is 0.0992. The molecule has 166 valence electrons. The fourth-order valence-corrected chi connectivity index (χ4v) is 3.40. The third-order valence-electron chi connectivity index (χ3n) is 4.95. The molecule has 0 aliphatic rings. The van der Waals surface area contributed by atoms with Crippen LogP contribution in [-0.4, -0.2) is 32.2 Å². The van der Waals surface area contributed by atoms with E-state index >= 15 is 0 Å². The summed E-state index contributed by atoms with van der Waals surface area (Å²) in [4.78, 5) is 17.1. The molecule has 4 heterocycles. The first-order valence-corrected chi connectivity index (χ1v) is 10.3. The number of benzene rings is 1. The molecule has 1 aromatic carbocycles. The third kappa shape index (κ3) is 4.57. The minimum Gasteiger partial charge on any atom is -0.493 e. The zero-order valence-corrected chi connectivity index (χ0v) is 17.8. The van der Waals surface area contributed by atoms with E-state index in [-0.39, 0.29) is 18.3 Å². The highest BCUT2D eigenvalue weighted by molar-refractivity contribution is 6.02. The van der Waals surface area contributed by atoms with Crippen molar-refractivity contribution in [2.24, 2.45) is 0 Å². The number of hydrogen-bond donors (Lipinski definition) is 1. The second kappa shape index (κ2) is 8.91. The highest BCUT2D eigenvalue weighted by Gasteiger charge is 2.14. The van der Waals surface area contributed by atoms with Crippen LogP contribution >= 0.6 is 0 Å². The smallest absolute Gasteiger partial charge is 0.291 e. The number of amides is 1. The molecule has 0 radical (unpaired) electrons. The molecule has 0 bridgehead atoms. The van der Waals surface area contributed by atoms with E-state index in [9.17, 15) is 4.79 Å². The van der Waals surface area contributed by atoms with Crippen molar-refractivity contribution in [3.63, 3.8) is 0 Å². The van der Waals surface area contributed by atoms with Crippen LogP contribution in [0.15, 0.2) is 83.8 Å². The van der Waals surface area contributed by atoms with Gasteiger partial charge in [-0.1, -0.05) is 18.2 Å². The quantitative estimate of drug-likeness (QED) is 0.389. The van der Waals surface area contributed by atoms with Crippen molar-refractivity contribution in [1.29, 1.82) is 0 Å². The lowest BCUT2D eigenvalue weighted by Crippen LogP contribution is -2.10. The molecule has 0 saturated carbocycles. The van der Waals surface area contributed by atoms with E-state index in [0.29, 0.717) is 29.5 Å². The molecule has 9 nitrogen and oxygen atoms in total. The first-order valence-electron chi connectivity index (χ1n) is 10.3. The molecule has 0 saturated heterocycles. The van der Waals surface area contributed by atoms with Gasteiger partial charge in [-0.25, -0.2) is 4.98 Å². The van der Waals surface area contributed by atoms with Gasteiger partial charge in [-0.2, -0.15) is 5.10 Å². The van der Waals surface area contributed by atoms with Gasteiger partial charge in [-0.05, 0) is 36.4 Å². The number of anilines is 1. The van der Waals surface area contributed by atoms with Crippen molar-refractivity contribution in [2.45, 2.75) is 13.2 Å². The monoisotopic (exact) mass is 443 g/mol. The van der Waals surface area contributed by atoms with E-state index < -0.39 is 0 Å². The zero-order chi connectivity index (χ0) is 22.6. The van der Waals surface area contributed by atoms with Gasteiger partial charge < -0.3 is 23.6 Å². The molecule has 33 heavy (non-hydrogen) atoms. The number of fused-ring (bicyclic) bond motifs is 1. The summed E-state index contributed by atoms with van der Waals surface area (Å²) < 4.78 is 20.3. The number of carbonyl (C=O) groups is 1. The fraction of sp³-hybridized carbons (Fsp3) is 0.125. The maximum Gasteiger partial charge on any atom is 0.291 e. The van der Waals surface area contributed by atoms with Crippen molar-refractivity contribution in [3.05, 3.63) is 96.6 Å². The van der Waals surface area contributed by atoms with Crippen LogP contribution < -0.4 is 14.8 Å².